The molecule has 3 rings (SSSR count). The molecule has 1 aromatic carbocycles. The molecule has 1 aliphatic heterocycles. The number of hydrogen-bond donors (Lipinski definition) is 1. The highest BCUT2D eigenvalue weighted by atomic mass is 19.1. The average Bonchev–Trinajstić information content (AvgIpc) is 2.89. The Kier molecular flexibility index (Phi) is 2.31. The first-order valence-corrected chi connectivity index (χ1v) is 6.01. The Labute approximate surface area is 99.4 Å². The first kappa shape index (κ1) is 10.6. The zero-order valence-corrected chi connectivity index (χ0v) is 9.53. The molecule has 3 nitrogen and oxygen atoms in total. The largest absolute Gasteiger partial charge is 0.399 e. The third kappa shape index (κ3) is 1.68. The first-order chi connectivity index (χ1) is 8.15. The fourth-order valence-electron chi connectivity index (χ4n) is 3.03. The zero-order chi connectivity index (χ0) is 12.0. The SMILES string of the molecule is Nc1ccc(C(=O)N2CC3CCC2C3)c(F)c1. The van der Waals surface area contributed by atoms with E-state index in [0.717, 1.165) is 19.4 Å². The third-order valence-corrected chi connectivity index (χ3v) is 3.89. The van der Waals surface area contributed by atoms with Gasteiger partial charge in [0, 0.05) is 18.3 Å². The molecular formula is C13H15FN2O. The molecule has 4 heteroatoms. The quantitative estimate of drug-likeness (QED) is 0.756. The highest BCUT2D eigenvalue weighted by Crippen LogP contribution is 2.38. The van der Waals surface area contributed by atoms with E-state index in [-0.39, 0.29) is 11.5 Å². The summed E-state index contributed by atoms with van der Waals surface area (Å²) in [7, 11) is 0. The van der Waals surface area contributed by atoms with E-state index in [1.54, 1.807) is 6.07 Å². The Morgan fingerprint density at radius 1 is 1.41 bits per heavy atom. The van der Waals surface area contributed by atoms with Gasteiger partial charge >= 0.3 is 0 Å². The van der Waals surface area contributed by atoms with Crippen LogP contribution in [0.3, 0.4) is 0 Å². The summed E-state index contributed by atoms with van der Waals surface area (Å²) in [5, 5.41) is 0. The van der Waals surface area contributed by atoms with Crippen LogP contribution in [0.1, 0.15) is 29.6 Å². The van der Waals surface area contributed by atoms with Crippen LogP contribution >= 0.6 is 0 Å². The molecule has 2 N–H and O–H groups in total. The van der Waals surface area contributed by atoms with Crippen LogP contribution < -0.4 is 5.73 Å². The van der Waals surface area contributed by atoms with Gasteiger partial charge in [-0.3, -0.25) is 4.79 Å². The van der Waals surface area contributed by atoms with Crippen LogP contribution in [0.4, 0.5) is 10.1 Å². The summed E-state index contributed by atoms with van der Waals surface area (Å²) in [6, 6.07) is 4.59. The van der Waals surface area contributed by atoms with Crippen molar-refractivity contribution in [2.24, 2.45) is 5.92 Å². The van der Waals surface area contributed by atoms with E-state index in [4.69, 9.17) is 5.73 Å². The van der Waals surface area contributed by atoms with Gasteiger partial charge in [-0.25, -0.2) is 4.39 Å². The molecular weight excluding hydrogens is 219 g/mol. The van der Waals surface area contributed by atoms with Gasteiger partial charge in [0.1, 0.15) is 5.82 Å². The van der Waals surface area contributed by atoms with Crippen LogP contribution in [0.5, 0.6) is 0 Å². The molecule has 2 unspecified atom stereocenters. The molecule has 1 saturated carbocycles. The standard InChI is InChI=1S/C13H15FN2O/c14-12-6-9(15)2-4-11(12)13(17)16-7-8-1-3-10(16)5-8/h2,4,6,8,10H,1,3,5,7,15H2. The van der Waals surface area contributed by atoms with E-state index in [2.05, 4.69) is 0 Å². The second-order valence-corrected chi connectivity index (χ2v) is 5.03. The minimum Gasteiger partial charge on any atom is -0.399 e. The van der Waals surface area contributed by atoms with Crippen molar-refractivity contribution in [1.29, 1.82) is 0 Å². The maximum atomic E-state index is 13.7. The molecule has 1 saturated heterocycles. The van der Waals surface area contributed by atoms with Crippen molar-refractivity contribution < 1.29 is 9.18 Å². The molecule has 90 valence electrons. The Morgan fingerprint density at radius 2 is 2.24 bits per heavy atom. The maximum absolute atomic E-state index is 13.7. The van der Waals surface area contributed by atoms with Gasteiger partial charge in [0.15, 0.2) is 0 Å². The number of anilines is 1. The lowest BCUT2D eigenvalue weighted by atomic mass is 10.1. The van der Waals surface area contributed by atoms with Gasteiger partial charge in [0.2, 0.25) is 0 Å². The van der Waals surface area contributed by atoms with Gasteiger partial charge in [-0.1, -0.05) is 0 Å². The minimum atomic E-state index is -0.516. The maximum Gasteiger partial charge on any atom is 0.257 e. The van der Waals surface area contributed by atoms with E-state index in [9.17, 15) is 9.18 Å². The van der Waals surface area contributed by atoms with Crippen LogP contribution in [-0.4, -0.2) is 23.4 Å². The number of likely N-dealkylation sites (tertiary alicyclic amines) is 1. The monoisotopic (exact) mass is 234 g/mol. The van der Waals surface area contributed by atoms with Crippen molar-refractivity contribution in [1.82, 2.24) is 4.90 Å². The molecule has 0 spiro atoms. The van der Waals surface area contributed by atoms with Gasteiger partial charge in [0.05, 0.1) is 5.56 Å². The number of halogens is 1. The van der Waals surface area contributed by atoms with Crippen molar-refractivity contribution in [3.05, 3.63) is 29.6 Å². The fourth-order valence-corrected chi connectivity index (χ4v) is 3.03. The van der Waals surface area contributed by atoms with Gasteiger partial charge in [-0.2, -0.15) is 0 Å². The number of nitrogens with two attached hydrogens (primary N) is 1. The number of amides is 1. The molecule has 2 aliphatic rings. The average molecular weight is 234 g/mol. The normalized spacial score (nSPS) is 26.5. The van der Waals surface area contributed by atoms with Gasteiger partial charge in [0.25, 0.3) is 5.91 Å². The van der Waals surface area contributed by atoms with Crippen molar-refractivity contribution in [2.45, 2.75) is 25.3 Å². The number of nitrogens with zero attached hydrogens (tertiary/aromatic N) is 1. The predicted molar refractivity (Wildman–Crippen MR) is 63.0 cm³/mol. The van der Waals surface area contributed by atoms with Crippen molar-refractivity contribution in [3.63, 3.8) is 0 Å². The molecule has 1 amide bonds. The fraction of sp³-hybridized carbons (Fsp3) is 0.462. The topological polar surface area (TPSA) is 46.3 Å². The van der Waals surface area contributed by atoms with Crippen LogP contribution in [0, 0.1) is 11.7 Å². The number of nitrogen functional groups attached to an aromatic ring is 1. The number of piperidine rings is 1. The van der Waals surface area contributed by atoms with Crippen molar-refractivity contribution in [3.8, 4) is 0 Å². The lowest BCUT2D eigenvalue weighted by Crippen LogP contribution is -2.38. The van der Waals surface area contributed by atoms with E-state index in [0.29, 0.717) is 17.6 Å². The minimum absolute atomic E-state index is 0.145. The molecule has 2 atom stereocenters. The van der Waals surface area contributed by atoms with E-state index in [1.807, 2.05) is 4.90 Å². The van der Waals surface area contributed by atoms with Crippen LogP contribution in [0.2, 0.25) is 0 Å². The summed E-state index contributed by atoms with van der Waals surface area (Å²) in [5.41, 5.74) is 5.97. The smallest absolute Gasteiger partial charge is 0.257 e. The molecule has 0 radical (unpaired) electrons. The molecule has 1 aromatic rings. The number of hydrogen-bond acceptors (Lipinski definition) is 2. The Balaban J connectivity index is 1.87. The highest BCUT2D eigenvalue weighted by molar-refractivity contribution is 5.95. The molecule has 2 bridgehead atoms. The Morgan fingerprint density at radius 3 is 2.82 bits per heavy atom. The van der Waals surface area contributed by atoms with E-state index in [1.165, 1.54) is 18.6 Å². The Bertz CT molecular complexity index is 474. The van der Waals surface area contributed by atoms with Gasteiger partial charge < -0.3 is 10.6 Å². The number of benzene rings is 1. The van der Waals surface area contributed by atoms with Crippen LogP contribution in [-0.2, 0) is 0 Å². The second-order valence-electron chi connectivity index (χ2n) is 5.03. The summed E-state index contributed by atoms with van der Waals surface area (Å²) in [4.78, 5) is 14.0. The number of carbonyl (C=O) groups excluding carboxylic acids is 1. The van der Waals surface area contributed by atoms with Crippen molar-refractivity contribution >= 4 is 11.6 Å². The molecule has 17 heavy (non-hydrogen) atoms. The van der Waals surface area contributed by atoms with E-state index < -0.39 is 5.82 Å². The second kappa shape index (κ2) is 3.72. The molecule has 0 aromatic heterocycles. The molecule has 1 heterocycles. The lowest BCUT2D eigenvalue weighted by Gasteiger charge is -2.27. The van der Waals surface area contributed by atoms with Crippen molar-refractivity contribution in [2.75, 3.05) is 12.3 Å². The number of fused-ring (bicyclic) bond motifs is 2. The van der Waals surface area contributed by atoms with E-state index >= 15 is 0 Å². The van der Waals surface area contributed by atoms with Gasteiger partial charge in [-0.05, 0) is 43.4 Å². The predicted octanol–water partition coefficient (Wildman–Crippen LogP) is 2.03. The summed E-state index contributed by atoms with van der Waals surface area (Å²) in [6.45, 7) is 0.785. The summed E-state index contributed by atoms with van der Waals surface area (Å²) >= 11 is 0. The molecule has 2 fully saturated rings. The summed E-state index contributed by atoms with van der Waals surface area (Å²) in [6.07, 6.45) is 3.36. The van der Waals surface area contributed by atoms with Gasteiger partial charge in [-0.15, -0.1) is 0 Å². The summed E-state index contributed by atoms with van der Waals surface area (Å²) < 4.78 is 13.7. The lowest BCUT2D eigenvalue weighted by molar-refractivity contribution is 0.0699. The Hall–Kier alpha value is -1.58. The summed E-state index contributed by atoms with van der Waals surface area (Å²) in [5.74, 6) is -0.0757. The zero-order valence-electron chi connectivity index (χ0n) is 9.53. The third-order valence-electron chi connectivity index (χ3n) is 3.89. The number of carbonyl (C=O) groups is 1. The molecule has 1 aliphatic carbocycles. The van der Waals surface area contributed by atoms with Crippen LogP contribution in [0.15, 0.2) is 18.2 Å². The van der Waals surface area contributed by atoms with Crippen LogP contribution in [0.25, 0.3) is 0 Å². The first-order valence-electron chi connectivity index (χ1n) is 6.01. The highest BCUT2D eigenvalue weighted by Gasteiger charge is 2.40. The number of rotatable bonds is 1.